The average Bonchev–Trinajstić information content (AvgIpc) is 2.74. The molecule has 0 amide bonds. The van der Waals surface area contributed by atoms with E-state index in [0.29, 0.717) is 6.61 Å². The van der Waals surface area contributed by atoms with Crippen molar-refractivity contribution in [2.75, 3.05) is 12.3 Å². The van der Waals surface area contributed by atoms with Crippen LogP contribution in [0.25, 0.3) is 5.69 Å². The minimum atomic E-state index is 0.651. The molecule has 0 saturated heterocycles. The van der Waals surface area contributed by atoms with E-state index in [4.69, 9.17) is 10.5 Å². The summed E-state index contributed by atoms with van der Waals surface area (Å²) in [6.07, 6.45) is 3.94. The molecular formula is C12H14N2O. The van der Waals surface area contributed by atoms with Crippen molar-refractivity contribution in [3.63, 3.8) is 0 Å². The van der Waals surface area contributed by atoms with E-state index in [0.717, 1.165) is 17.1 Å². The molecule has 0 bridgehead atoms. The molecule has 78 valence electrons. The van der Waals surface area contributed by atoms with Crippen LogP contribution in [-0.2, 0) is 0 Å². The third-order valence-electron chi connectivity index (χ3n) is 2.17. The summed E-state index contributed by atoms with van der Waals surface area (Å²) in [4.78, 5) is 0. The van der Waals surface area contributed by atoms with Gasteiger partial charge in [0.1, 0.15) is 5.75 Å². The number of nitrogen functional groups attached to an aromatic ring is 1. The van der Waals surface area contributed by atoms with Gasteiger partial charge in [-0.25, -0.2) is 0 Å². The van der Waals surface area contributed by atoms with Crippen LogP contribution in [0.3, 0.4) is 0 Å². The maximum absolute atomic E-state index is 5.76. The van der Waals surface area contributed by atoms with Crippen LogP contribution in [-0.4, -0.2) is 11.2 Å². The Morgan fingerprint density at radius 3 is 2.67 bits per heavy atom. The Bertz CT molecular complexity index is 435. The minimum Gasteiger partial charge on any atom is -0.492 e. The van der Waals surface area contributed by atoms with Gasteiger partial charge in [-0.15, -0.1) is 0 Å². The molecule has 2 aromatic rings. The van der Waals surface area contributed by atoms with Gasteiger partial charge in [-0.2, -0.15) is 0 Å². The quantitative estimate of drug-likeness (QED) is 0.776. The third kappa shape index (κ3) is 1.96. The van der Waals surface area contributed by atoms with Gasteiger partial charge in [-0.05, 0) is 37.3 Å². The van der Waals surface area contributed by atoms with Crippen LogP contribution in [0, 0.1) is 0 Å². The fourth-order valence-corrected chi connectivity index (χ4v) is 1.51. The Morgan fingerprint density at radius 2 is 2.00 bits per heavy atom. The van der Waals surface area contributed by atoms with Crippen molar-refractivity contribution in [1.29, 1.82) is 0 Å². The molecule has 0 fully saturated rings. The van der Waals surface area contributed by atoms with Gasteiger partial charge < -0.3 is 15.0 Å². The van der Waals surface area contributed by atoms with Crippen molar-refractivity contribution >= 4 is 5.69 Å². The molecule has 3 heteroatoms. The topological polar surface area (TPSA) is 40.2 Å². The number of nitrogens with zero attached hydrogens (tertiary/aromatic N) is 1. The first-order valence-corrected chi connectivity index (χ1v) is 4.97. The number of hydrogen-bond acceptors (Lipinski definition) is 2. The highest BCUT2D eigenvalue weighted by Crippen LogP contribution is 2.25. The third-order valence-corrected chi connectivity index (χ3v) is 2.17. The van der Waals surface area contributed by atoms with E-state index in [1.807, 2.05) is 54.2 Å². The maximum Gasteiger partial charge on any atom is 0.143 e. The van der Waals surface area contributed by atoms with E-state index in [2.05, 4.69) is 0 Å². The van der Waals surface area contributed by atoms with E-state index < -0.39 is 0 Å². The van der Waals surface area contributed by atoms with Gasteiger partial charge in [0.15, 0.2) is 0 Å². The molecule has 0 atom stereocenters. The summed E-state index contributed by atoms with van der Waals surface area (Å²) in [5, 5.41) is 0. The zero-order valence-electron chi connectivity index (χ0n) is 8.68. The molecule has 0 unspecified atom stereocenters. The van der Waals surface area contributed by atoms with E-state index in [9.17, 15) is 0 Å². The van der Waals surface area contributed by atoms with Crippen LogP contribution in [0.2, 0.25) is 0 Å². The number of ether oxygens (including phenoxy) is 1. The van der Waals surface area contributed by atoms with Gasteiger partial charge in [-0.3, -0.25) is 0 Å². The fourth-order valence-electron chi connectivity index (χ4n) is 1.51. The Kier molecular flexibility index (Phi) is 2.63. The van der Waals surface area contributed by atoms with E-state index in [1.54, 1.807) is 0 Å². The molecule has 0 aliphatic rings. The predicted octanol–water partition coefficient (Wildman–Crippen LogP) is 2.46. The lowest BCUT2D eigenvalue weighted by atomic mass is 10.2. The van der Waals surface area contributed by atoms with Crippen molar-refractivity contribution in [2.45, 2.75) is 6.92 Å². The molecule has 2 rings (SSSR count). The van der Waals surface area contributed by atoms with Gasteiger partial charge in [0.2, 0.25) is 0 Å². The highest BCUT2D eigenvalue weighted by atomic mass is 16.5. The SMILES string of the molecule is CCOc1ccc(N)cc1-n1cccc1. The first-order chi connectivity index (χ1) is 7.31. The van der Waals surface area contributed by atoms with Crippen LogP contribution in [0.5, 0.6) is 5.75 Å². The monoisotopic (exact) mass is 202 g/mol. The largest absolute Gasteiger partial charge is 0.492 e. The average molecular weight is 202 g/mol. The van der Waals surface area contributed by atoms with Gasteiger partial charge in [0.05, 0.1) is 12.3 Å². The molecular weight excluding hydrogens is 188 g/mol. The number of anilines is 1. The van der Waals surface area contributed by atoms with E-state index >= 15 is 0 Å². The smallest absolute Gasteiger partial charge is 0.143 e. The molecule has 0 saturated carbocycles. The molecule has 0 radical (unpaired) electrons. The summed E-state index contributed by atoms with van der Waals surface area (Å²) < 4.78 is 7.53. The highest BCUT2D eigenvalue weighted by molar-refractivity contribution is 5.56. The van der Waals surface area contributed by atoms with Crippen LogP contribution in [0.1, 0.15) is 6.92 Å². The number of benzene rings is 1. The van der Waals surface area contributed by atoms with Crippen LogP contribution in [0.4, 0.5) is 5.69 Å². The highest BCUT2D eigenvalue weighted by Gasteiger charge is 2.04. The molecule has 3 nitrogen and oxygen atoms in total. The maximum atomic E-state index is 5.76. The first kappa shape index (κ1) is 9.65. The van der Waals surface area contributed by atoms with Crippen molar-refractivity contribution in [3.8, 4) is 11.4 Å². The molecule has 15 heavy (non-hydrogen) atoms. The first-order valence-electron chi connectivity index (χ1n) is 4.97. The van der Waals surface area contributed by atoms with Crippen molar-refractivity contribution < 1.29 is 4.74 Å². The lowest BCUT2D eigenvalue weighted by Crippen LogP contribution is -2.00. The molecule has 2 N–H and O–H groups in total. The zero-order chi connectivity index (χ0) is 10.7. The van der Waals surface area contributed by atoms with Gasteiger partial charge in [-0.1, -0.05) is 0 Å². The van der Waals surface area contributed by atoms with Crippen molar-refractivity contribution in [3.05, 3.63) is 42.7 Å². The van der Waals surface area contributed by atoms with Gasteiger partial charge in [0.25, 0.3) is 0 Å². The zero-order valence-corrected chi connectivity index (χ0v) is 8.68. The summed E-state index contributed by atoms with van der Waals surface area (Å²) in [5.41, 5.74) is 7.47. The summed E-state index contributed by atoms with van der Waals surface area (Å²) in [6.45, 7) is 2.62. The summed E-state index contributed by atoms with van der Waals surface area (Å²) in [5.74, 6) is 0.850. The Hall–Kier alpha value is -1.90. The van der Waals surface area contributed by atoms with Crippen LogP contribution >= 0.6 is 0 Å². The fraction of sp³-hybridized carbons (Fsp3) is 0.167. The molecule has 0 aliphatic carbocycles. The second-order valence-electron chi connectivity index (χ2n) is 3.25. The molecule has 0 spiro atoms. The summed E-state index contributed by atoms with van der Waals surface area (Å²) in [6, 6.07) is 9.59. The van der Waals surface area contributed by atoms with Crippen LogP contribution < -0.4 is 10.5 Å². The lowest BCUT2D eigenvalue weighted by molar-refractivity contribution is 0.339. The Balaban J connectivity index is 2.47. The molecule has 1 aromatic heterocycles. The number of rotatable bonds is 3. The number of nitrogens with two attached hydrogens (primary N) is 1. The normalized spacial score (nSPS) is 10.2. The summed E-state index contributed by atoms with van der Waals surface area (Å²) >= 11 is 0. The summed E-state index contributed by atoms with van der Waals surface area (Å²) in [7, 11) is 0. The Labute approximate surface area is 89.1 Å². The molecule has 1 aromatic carbocycles. The van der Waals surface area contributed by atoms with Crippen molar-refractivity contribution in [2.24, 2.45) is 0 Å². The molecule has 0 aliphatic heterocycles. The Morgan fingerprint density at radius 1 is 1.27 bits per heavy atom. The minimum absolute atomic E-state index is 0.651. The predicted molar refractivity (Wildman–Crippen MR) is 61.4 cm³/mol. The van der Waals surface area contributed by atoms with Crippen LogP contribution in [0.15, 0.2) is 42.7 Å². The second-order valence-corrected chi connectivity index (χ2v) is 3.25. The van der Waals surface area contributed by atoms with E-state index in [-0.39, 0.29) is 0 Å². The van der Waals surface area contributed by atoms with E-state index in [1.165, 1.54) is 0 Å². The lowest BCUT2D eigenvalue weighted by Gasteiger charge is -2.11. The number of hydrogen-bond donors (Lipinski definition) is 1. The standard InChI is InChI=1S/C12H14N2O/c1-2-15-12-6-5-10(13)9-11(12)14-7-3-4-8-14/h3-9H,2,13H2,1H3. The van der Waals surface area contributed by atoms with Gasteiger partial charge in [0, 0.05) is 18.1 Å². The van der Waals surface area contributed by atoms with Crippen molar-refractivity contribution in [1.82, 2.24) is 4.57 Å². The second kappa shape index (κ2) is 4.09. The van der Waals surface area contributed by atoms with Gasteiger partial charge >= 0.3 is 0 Å². The number of aromatic nitrogens is 1. The molecule has 1 heterocycles.